The molecule has 1 aliphatic rings. The van der Waals surface area contributed by atoms with Gasteiger partial charge >= 0.3 is 0 Å². The summed E-state index contributed by atoms with van der Waals surface area (Å²) < 4.78 is 11.1. The van der Waals surface area contributed by atoms with Crippen LogP contribution in [0, 0.1) is 6.92 Å². The molecule has 8 heteroatoms. The predicted molar refractivity (Wildman–Crippen MR) is 150 cm³/mol. The first-order chi connectivity index (χ1) is 17.6. The van der Waals surface area contributed by atoms with Crippen LogP contribution in [0.1, 0.15) is 50.5 Å². The molecule has 0 bridgehead atoms. The van der Waals surface area contributed by atoms with Gasteiger partial charge in [0, 0.05) is 24.3 Å². The number of halogens is 1. The van der Waals surface area contributed by atoms with E-state index in [4.69, 9.17) is 26.1 Å². The van der Waals surface area contributed by atoms with Gasteiger partial charge in [-0.05, 0) is 95.2 Å². The lowest BCUT2D eigenvalue weighted by molar-refractivity contribution is -0.112. The average Bonchev–Trinajstić information content (AvgIpc) is 2.87. The minimum Gasteiger partial charge on any atom is -0.493 e. The van der Waals surface area contributed by atoms with Crippen LogP contribution in [0.3, 0.4) is 0 Å². The number of aliphatic imine (C=N–C) groups is 1. The minimum absolute atomic E-state index is 0.0206. The summed E-state index contributed by atoms with van der Waals surface area (Å²) in [5, 5.41) is 2.71. The molecule has 3 rings (SSSR count). The summed E-state index contributed by atoms with van der Waals surface area (Å²) in [6.07, 6.45) is 1.51. The van der Waals surface area contributed by atoms with Gasteiger partial charge in [-0.2, -0.15) is 0 Å². The number of carbonyl (C=O) groups excluding carboxylic acids is 2. The monoisotopic (exact) mass is 523 g/mol. The minimum atomic E-state index is -0.475. The molecular weight excluding hydrogens is 490 g/mol. The Bertz CT molecular complexity index is 1290. The number of nitrogens with one attached hydrogen (secondary N) is 1. The quantitative estimate of drug-likeness (QED) is 0.400. The molecule has 2 aromatic carbocycles. The molecule has 0 saturated carbocycles. The SMILES string of the molecule is CCN(CC)c1ccc(/N=C2\C=C(NC(=O)c3ccc(OC(C)C)c(OC)c3)C(=O)C(Cl)=C2C)c(C)c1. The molecule has 1 N–H and O–H groups in total. The predicted octanol–water partition coefficient (Wildman–Crippen LogP) is 6.12. The number of hydrogen-bond donors (Lipinski definition) is 1. The van der Waals surface area contributed by atoms with Gasteiger partial charge in [0.15, 0.2) is 11.5 Å². The van der Waals surface area contributed by atoms with Gasteiger partial charge < -0.3 is 19.7 Å². The Kier molecular flexibility index (Phi) is 9.16. The smallest absolute Gasteiger partial charge is 0.255 e. The fraction of sp³-hybridized carbons (Fsp3) is 0.345. The molecule has 196 valence electrons. The highest BCUT2D eigenvalue weighted by molar-refractivity contribution is 6.49. The first-order valence-corrected chi connectivity index (χ1v) is 12.7. The highest BCUT2D eigenvalue weighted by Crippen LogP contribution is 2.30. The van der Waals surface area contributed by atoms with E-state index in [-0.39, 0.29) is 16.8 Å². The van der Waals surface area contributed by atoms with Gasteiger partial charge in [0.2, 0.25) is 5.78 Å². The maximum atomic E-state index is 13.0. The normalized spacial score (nSPS) is 14.7. The van der Waals surface area contributed by atoms with Crippen molar-refractivity contribution in [1.29, 1.82) is 0 Å². The average molecular weight is 524 g/mol. The van der Waals surface area contributed by atoms with E-state index in [0.717, 1.165) is 30.0 Å². The molecule has 0 radical (unpaired) electrons. The Labute approximate surface area is 223 Å². The second-order valence-electron chi connectivity index (χ2n) is 8.95. The number of nitrogens with zero attached hydrogens (tertiary/aromatic N) is 2. The number of ketones is 1. The molecule has 0 saturated heterocycles. The molecule has 7 nitrogen and oxygen atoms in total. The highest BCUT2D eigenvalue weighted by atomic mass is 35.5. The van der Waals surface area contributed by atoms with Crippen LogP contribution in [0.15, 0.2) is 63.8 Å². The maximum Gasteiger partial charge on any atom is 0.255 e. The van der Waals surface area contributed by atoms with Crippen LogP contribution in [0.25, 0.3) is 0 Å². The second kappa shape index (κ2) is 12.1. The van der Waals surface area contributed by atoms with Crippen LogP contribution in [-0.4, -0.2) is 43.7 Å². The van der Waals surface area contributed by atoms with Gasteiger partial charge in [-0.3, -0.25) is 9.59 Å². The summed E-state index contributed by atoms with van der Waals surface area (Å²) >= 11 is 6.38. The molecule has 0 aliphatic heterocycles. The molecule has 0 spiro atoms. The van der Waals surface area contributed by atoms with Gasteiger partial charge in [0.1, 0.15) is 0 Å². The summed E-state index contributed by atoms with van der Waals surface area (Å²) in [5.41, 5.74) is 4.30. The Hall–Kier alpha value is -3.58. The Morgan fingerprint density at radius 2 is 1.78 bits per heavy atom. The molecule has 0 unspecified atom stereocenters. The van der Waals surface area contributed by atoms with Crippen molar-refractivity contribution in [3.63, 3.8) is 0 Å². The number of amides is 1. The Morgan fingerprint density at radius 1 is 1.08 bits per heavy atom. The molecule has 1 amide bonds. The van der Waals surface area contributed by atoms with E-state index in [2.05, 4.69) is 30.1 Å². The third-order valence-corrected chi connectivity index (χ3v) is 6.48. The van der Waals surface area contributed by atoms with Gasteiger partial charge in [-0.1, -0.05) is 11.6 Å². The maximum absolute atomic E-state index is 13.0. The zero-order chi connectivity index (χ0) is 27.3. The molecule has 0 fully saturated rings. The van der Waals surface area contributed by atoms with Gasteiger partial charge in [0.05, 0.1) is 35.3 Å². The number of methoxy groups -OCH3 is 1. The molecule has 1 aliphatic carbocycles. The molecule has 0 aromatic heterocycles. The largest absolute Gasteiger partial charge is 0.493 e. The summed E-state index contributed by atoms with van der Waals surface area (Å²) in [7, 11) is 1.50. The first-order valence-electron chi connectivity index (χ1n) is 12.3. The highest BCUT2D eigenvalue weighted by Gasteiger charge is 2.26. The summed E-state index contributed by atoms with van der Waals surface area (Å²) in [4.78, 5) is 32.9. The first kappa shape index (κ1) is 28.0. The van der Waals surface area contributed by atoms with E-state index in [1.807, 2.05) is 32.9 Å². The summed E-state index contributed by atoms with van der Waals surface area (Å²) in [6.45, 7) is 13.6. The van der Waals surface area contributed by atoms with Crippen LogP contribution in [0.5, 0.6) is 11.5 Å². The number of rotatable bonds is 9. The third kappa shape index (κ3) is 6.41. The summed E-state index contributed by atoms with van der Waals surface area (Å²) in [6, 6.07) is 10.9. The van der Waals surface area contributed by atoms with Crippen molar-refractivity contribution in [3.8, 4) is 11.5 Å². The standard InChI is InChI=1S/C29H34ClN3O4/c1-8-33(9-2)21-11-12-22(18(5)14-21)31-23-16-24(28(34)27(30)19(23)6)32-29(35)20-10-13-25(37-17(3)4)26(15-20)36-7/h10-17H,8-9H2,1-7H3,(H,32,35)/b31-23+. The number of allylic oxidation sites excluding steroid dienone is 3. The lowest BCUT2D eigenvalue weighted by Crippen LogP contribution is -2.31. The number of Topliss-reactive ketones (excluding diaryl/α,β-unsaturated/α-hetero) is 1. The van der Waals surface area contributed by atoms with E-state index < -0.39 is 11.7 Å². The van der Waals surface area contributed by atoms with Crippen molar-refractivity contribution in [2.45, 2.75) is 47.6 Å². The van der Waals surface area contributed by atoms with Crippen molar-refractivity contribution in [3.05, 3.63) is 69.9 Å². The molecular formula is C29H34ClN3O4. The number of anilines is 1. The molecule has 37 heavy (non-hydrogen) atoms. The van der Waals surface area contributed by atoms with Crippen LogP contribution >= 0.6 is 11.6 Å². The molecule has 0 heterocycles. The van der Waals surface area contributed by atoms with E-state index in [9.17, 15) is 9.59 Å². The number of aryl methyl sites for hydroxylation is 1. The summed E-state index contributed by atoms with van der Waals surface area (Å²) in [5.74, 6) is 0.00860. The Morgan fingerprint density at radius 3 is 2.38 bits per heavy atom. The lowest BCUT2D eigenvalue weighted by atomic mass is 10.0. The molecule has 0 atom stereocenters. The van der Waals surface area contributed by atoms with E-state index in [1.165, 1.54) is 7.11 Å². The molecule has 2 aromatic rings. The topological polar surface area (TPSA) is 80.2 Å². The van der Waals surface area contributed by atoms with Gasteiger partial charge in [0.25, 0.3) is 5.91 Å². The number of benzene rings is 2. The van der Waals surface area contributed by atoms with E-state index in [0.29, 0.717) is 28.3 Å². The lowest BCUT2D eigenvalue weighted by Gasteiger charge is -2.22. The number of carbonyl (C=O) groups is 2. The van der Waals surface area contributed by atoms with Crippen molar-refractivity contribution >= 4 is 40.4 Å². The van der Waals surface area contributed by atoms with Crippen LogP contribution in [-0.2, 0) is 4.79 Å². The zero-order valence-corrected chi connectivity index (χ0v) is 23.2. The van der Waals surface area contributed by atoms with Crippen LogP contribution in [0.2, 0.25) is 0 Å². The van der Waals surface area contributed by atoms with Gasteiger partial charge in [-0.25, -0.2) is 4.99 Å². The Balaban J connectivity index is 1.91. The number of ether oxygens (including phenoxy) is 2. The van der Waals surface area contributed by atoms with Crippen molar-refractivity contribution < 1.29 is 19.1 Å². The fourth-order valence-electron chi connectivity index (χ4n) is 3.96. The van der Waals surface area contributed by atoms with Crippen molar-refractivity contribution in [1.82, 2.24) is 5.32 Å². The van der Waals surface area contributed by atoms with Crippen LogP contribution in [0.4, 0.5) is 11.4 Å². The zero-order valence-electron chi connectivity index (χ0n) is 22.4. The fourth-order valence-corrected chi connectivity index (χ4v) is 4.15. The van der Waals surface area contributed by atoms with Crippen molar-refractivity contribution in [2.24, 2.45) is 4.99 Å². The van der Waals surface area contributed by atoms with Gasteiger partial charge in [-0.15, -0.1) is 0 Å². The van der Waals surface area contributed by atoms with Crippen LogP contribution < -0.4 is 19.7 Å². The number of hydrogen-bond acceptors (Lipinski definition) is 6. The van der Waals surface area contributed by atoms with E-state index in [1.54, 1.807) is 31.2 Å². The third-order valence-electron chi connectivity index (χ3n) is 6.03. The second-order valence-corrected chi connectivity index (χ2v) is 9.33. The van der Waals surface area contributed by atoms with E-state index >= 15 is 0 Å². The van der Waals surface area contributed by atoms with Crippen molar-refractivity contribution in [2.75, 3.05) is 25.1 Å².